The van der Waals surface area contributed by atoms with Crippen LogP contribution in [-0.2, 0) is 9.53 Å². The molecule has 9 nitrogen and oxygen atoms in total. The molecule has 41 heavy (non-hydrogen) atoms. The first kappa shape index (κ1) is 31.2. The normalized spacial score (nSPS) is 16.5. The summed E-state index contributed by atoms with van der Waals surface area (Å²) in [6.07, 6.45) is 0.930. The van der Waals surface area contributed by atoms with Crippen LogP contribution < -0.4 is 25.3 Å². The van der Waals surface area contributed by atoms with Crippen molar-refractivity contribution < 1.29 is 41.7 Å². The van der Waals surface area contributed by atoms with Gasteiger partial charge >= 0.3 is 6.36 Å². The summed E-state index contributed by atoms with van der Waals surface area (Å²) in [5.41, 5.74) is 6.74. The number of aromatic nitrogens is 1. The average Bonchev–Trinajstić information content (AvgIpc) is 2.93. The van der Waals surface area contributed by atoms with E-state index in [1.165, 1.54) is 13.2 Å². The molecule has 0 radical (unpaired) electrons. The summed E-state index contributed by atoms with van der Waals surface area (Å²) in [6.45, 7) is 1.82. The van der Waals surface area contributed by atoms with Gasteiger partial charge in [0.2, 0.25) is 6.41 Å². The summed E-state index contributed by atoms with van der Waals surface area (Å²) in [4.78, 5) is 26.0. The molecule has 0 unspecified atom stereocenters. The highest BCUT2D eigenvalue weighted by Crippen LogP contribution is 2.40. The van der Waals surface area contributed by atoms with Crippen LogP contribution in [0, 0.1) is 6.92 Å². The van der Waals surface area contributed by atoms with Crippen LogP contribution in [0.25, 0.3) is 0 Å². The summed E-state index contributed by atoms with van der Waals surface area (Å²) < 4.78 is 58.9. The van der Waals surface area contributed by atoms with E-state index in [0.717, 1.165) is 49.1 Å². The lowest BCUT2D eigenvalue weighted by atomic mass is 9.82. The van der Waals surface area contributed by atoms with Crippen LogP contribution in [0.2, 0.25) is 0 Å². The van der Waals surface area contributed by atoms with E-state index in [1.807, 2.05) is 19.1 Å². The topological polar surface area (TPSA) is 122 Å². The first-order chi connectivity index (χ1) is 19.6. The number of amides is 2. The molecule has 1 aliphatic carbocycles. The van der Waals surface area contributed by atoms with Gasteiger partial charge in [0.05, 0.1) is 18.8 Å². The molecular formula is C29H32F3N3O6. The van der Waals surface area contributed by atoms with Gasteiger partial charge in [-0.1, -0.05) is 6.07 Å². The summed E-state index contributed by atoms with van der Waals surface area (Å²) in [5, 5.41) is 2.85. The zero-order valence-electron chi connectivity index (χ0n) is 22.9. The molecule has 0 aliphatic heterocycles. The van der Waals surface area contributed by atoms with Crippen molar-refractivity contribution in [1.29, 1.82) is 0 Å². The largest absolute Gasteiger partial charge is 0.573 e. The van der Waals surface area contributed by atoms with Gasteiger partial charge in [0, 0.05) is 30.8 Å². The van der Waals surface area contributed by atoms with E-state index in [-0.39, 0.29) is 41.2 Å². The molecule has 0 bridgehead atoms. The van der Waals surface area contributed by atoms with Crippen LogP contribution in [-0.4, -0.2) is 44.0 Å². The van der Waals surface area contributed by atoms with E-state index in [2.05, 4.69) is 20.8 Å². The SMILES string of the molecule is COc1cc(OC(F)(F)F)ccc1Oc1cc(C2CCC(OC)CC2)ccc1C(=O)Nc1ccnc(C)c1.NC=O. The Morgan fingerprint density at radius 2 is 1.71 bits per heavy atom. The van der Waals surface area contributed by atoms with E-state index in [0.29, 0.717) is 5.69 Å². The van der Waals surface area contributed by atoms with Crippen molar-refractivity contribution in [2.45, 2.75) is 51.0 Å². The lowest BCUT2D eigenvalue weighted by molar-refractivity contribution is -0.274. The van der Waals surface area contributed by atoms with Gasteiger partial charge in [-0.15, -0.1) is 13.2 Å². The maximum atomic E-state index is 13.3. The zero-order chi connectivity index (χ0) is 30.0. The minimum atomic E-state index is -4.85. The van der Waals surface area contributed by atoms with Crippen molar-refractivity contribution in [3.63, 3.8) is 0 Å². The van der Waals surface area contributed by atoms with Crippen LogP contribution in [0.5, 0.6) is 23.0 Å². The number of anilines is 1. The second-order valence-corrected chi connectivity index (χ2v) is 9.20. The fourth-order valence-electron chi connectivity index (χ4n) is 4.57. The molecule has 1 aliphatic rings. The third-order valence-electron chi connectivity index (χ3n) is 6.47. The lowest BCUT2D eigenvalue weighted by Gasteiger charge is -2.28. The molecule has 220 valence electrons. The Balaban J connectivity index is 0.00000147. The number of ether oxygens (including phenoxy) is 4. The van der Waals surface area contributed by atoms with Crippen LogP contribution in [0.15, 0.2) is 54.7 Å². The molecule has 4 rings (SSSR count). The molecule has 0 saturated heterocycles. The number of halogens is 3. The van der Waals surface area contributed by atoms with Crippen LogP contribution >= 0.6 is 0 Å². The van der Waals surface area contributed by atoms with Crippen molar-refractivity contribution in [1.82, 2.24) is 4.98 Å². The third-order valence-corrected chi connectivity index (χ3v) is 6.47. The number of pyridine rings is 1. The van der Waals surface area contributed by atoms with E-state index >= 15 is 0 Å². The van der Waals surface area contributed by atoms with E-state index in [4.69, 9.17) is 19.0 Å². The van der Waals surface area contributed by atoms with E-state index < -0.39 is 18.0 Å². The molecule has 12 heteroatoms. The van der Waals surface area contributed by atoms with Crippen molar-refractivity contribution in [3.05, 3.63) is 71.5 Å². The lowest BCUT2D eigenvalue weighted by Crippen LogP contribution is -2.19. The molecule has 2 aromatic carbocycles. The summed E-state index contributed by atoms with van der Waals surface area (Å²) in [5.74, 6) is -0.187. The van der Waals surface area contributed by atoms with Gasteiger partial charge in [-0.3, -0.25) is 14.6 Å². The van der Waals surface area contributed by atoms with Crippen molar-refractivity contribution in [2.24, 2.45) is 5.73 Å². The minimum Gasteiger partial charge on any atom is -0.493 e. The smallest absolute Gasteiger partial charge is 0.493 e. The average molecular weight is 576 g/mol. The second-order valence-electron chi connectivity index (χ2n) is 9.20. The number of benzene rings is 2. The maximum absolute atomic E-state index is 13.3. The van der Waals surface area contributed by atoms with E-state index in [1.54, 1.807) is 31.5 Å². The Labute approximate surface area is 235 Å². The Morgan fingerprint density at radius 1 is 1.00 bits per heavy atom. The van der Waals surface area contributed by atoms with Gasteiger partial charge in [-0.25, -0.2) is 0 Å². The number of hydrogen-bond acceptors (Lipinski definition) is 7. The predicted molar refractivity (Wildman–Crippen MR) is 145 cm³/mol. The first-order valence-corrected chi connectivity index (χ1v) is 12.7. The molecule has 1 heterocycles. The molecule has 2 amide bonds. The van der Waals surface area contributed by atoms with Gasteiger partial charge in [0.25, 0.3) is 5.91 Å². The minimum absolute atomic E-state index is 0.0221. The van der Waals surface area contributed by atoms with Crippen molar-refractivity contribution in [3.8, 4) is 23.0 Å². The second kappa shape index (κ2) is 14.4. The number of primary amides is 1. The fraction of sp³-hybridized carbons (Fsp3) is 0.345. The third kappa shape index (κ3) is 9.10. The predicted octanol–water partition coefficient (Wildman–Crippen LogP) is 6.12. The highest BCUT2D eigenvalue weighted by Gasteiger charge is 2.31. The molecule has 3 N–H and O–H groups in total. The van der Waals surface area contributed by atoms with E-state index in [9.17, 15) is 18.0 Å². The summed E-state index contributed by atoms with van der Waals surface area (Å²) >= 11 is 0. The standard InChI is InChI=1S/C28H29F3N2O5.CH3NO/c1-17-14-20(12-13-32-17)33-27(34)23-10-6-19(18-4-7-21(35-2)8-5-18)15-25(23)37-24-11-9-22(16-26(24)36-3)38-28(29,30)31;2-1-3/h6,9-16,18,21H,4-5,7-8H2,1-3H3,(H,32,33,34);1H,(H2,2,3). The number of rotatable bonds is 8. The van der Waals surface area contributed by atoms with Gasteiger partial charge < -0.3 is 30.0 Å². The number of nitrogens with two attached hydrogens (primary N) is 1. The fourth-order valence-corrected chi connectivity index (χ4v) is 4.57. The summed E-state index contributed by atoms with van der Waals surface area (Å²) in [6, 6.07) is 12.4. The molecule has 1 saturated carbocycles. The number of alkyl halides is 3. The van der Waals surface area contributed by atoms with Crippen LogP contribution in [0.3, 0.4) is 0 Å². The van der Waals surface area contributed by atoms with Gasteiger partial charge in [-0.2, -0.15) is 0 Å². The number of carbonyl (C=O) groups is 2. The number of methoxy groups -OCH3 is 2. The van der Waals surface area contributed by atoms with Gasteiger partial charge in [-0.05, 0) is 80.5 Å². The van der Waals surface area contributed by atoms with Crippen molar-refractivity contribution in [2.75, 3.05) is 19.5 Å². The van der Waals surface area contributed by atoms with Gasteiger partial charge in [0.15, 0.2) is 11.5 Å². The highest BCUT2D eigenvalue weighted by atomic mass is 19.4. The highest BCUT2D eigenvalue weighted by molar-refractivity contribution is 6.06. The molecular weight excluding hydrogens is 543 g/mol. The number of nitrogens with one attached hydrogen (secondary N) is 1. The monoisotopic (exact) mass is 575 g/mol. The molecule has 1 aromatic heterocycles. The first-order valence-electron chi connectivity index (χ1n) is 12.7. The molecule has 0 spiro atoms. The Bertz CT molecular complexity index is 1330. The Hall–Kier alpha value is -4.32. The van der Waals surface area contributed by atoms with Crippen LogP contribution in [0.4, 0.5) is 18.9 Å². The quantitative estimate of drug-likeness (QED) is 0.311. The molecule has 0 atom stereocenters. The number of carbonyl (C=O) groups excluding carboxylic acids is 2. The summed E-state index contributed by atoms with van der Waals surface area (Å²) in [7, 11) is 3.02. The Morgan fingerprint density at radius 3 is 2.32 bits per heavy atom. The number of hydrogen-bond donors (Lipinski definition) is 2. The van der Waals surface area contributed by atoms with Gasteiger partial charge in [0.1, 0.15) is 11.5 Å². The zero-order valence-corrected chi connectivity index (χ0v) is 22.9. The Kier molecular flexibility index (Phi) is 10.9. The number of nitrogens with zero attached hydrogens (tertiary/aromatic N) is 1. The maximum Gasteiger partial charge on any atom is 0.573 e. The number of aryl methyl sites for hydroxylation is 1. The molecule has 1 fully saturated rings. The van der Waals surface area contributed by atoms with Crippen molar-refractivity contribution >= 4 is 18.0 Å². The van der Waals surface area contributed by atoms with Crippen LogP contribution in [0.1, 0.15) is 53.2 Å². The molecule has 3 aromatic rings.